The third-order valence-electron chi connectivity index (χ3n) is 2.90. The van der Waals surface area contributed by atoms with Gasteiger partial charge in [0.2, 0.25) is 0 Å². The van der Waals surface area contributed by atoms with E-state index in [0.717, 1.165) is 24.7 Å². The van der Waals surface area contributed by atoms with Gasteiger partial charge in [0.15, 0.2) is 0 Å². The van der Waals surface area contributed by atoms with E-state index in [2.05, 4.69) is 15.6 Å². The Balaban J connectivity index is 1.67. The van der Waals surface area contributed by atoms with Gasteiger partial charge in [-0.1, -0.05) is 0 Å². The zero-order valence-electron chi connectivity index (χ0n) is 10.2. The second-order valence-electron chi connectivity index (χ2n) is 4.47. The van der Waals surface area contributed by atoms with Crippen LogP contribution in [0.1, 0.15) is 35.3 Å². The van der Waals surface area contributed by atoms with Gasteiger partial charge in [-0.05, 0) is 44.9 Å². The highest BCUT2D eigenvalue weighted by Crippen LogP contribution is 2.18. The number of carbonyl (C=O) groups is 1. The first-order valence-corrected chi connectivity index (χ1v) is 6.20. The molecule has 0 bridgehead atoms. The van der Waals surface area contributed by atoms with Crippen LogP contribution in [0.3, 0.4) is 0 Å². The molecule has 1 heterocycles. The lowest BCUT2D eigenvalue weighted by Crippen LogP contribution is -2.28. The third kappa shape index (κ3) is 3.82. The van der Waals surface area contributed by atoms with Crippen molar-refractivity contribution in [2.45, 2.75) is 32.2 Å². The molecule has 1 aliphatic rings. The largest absolute Gasteiger partial charge is 0.352 e. The van der Waals surface area contributed by atoms with Gasteiger partial charge in [-0.3, -0.25) is 9.78 Å². The van der Waals surface area contributed by atoms with Crippen molar-refractivity contribution >= 4 is 5.91 Å². The standard InChI is InChI=1S/C13H19N3O/c1-10-12(4-2-7-14-10)13(17)16-9-3-8-15-11-5-6-11/h2,4,7,11,15H,3,5-6,8-9H2,1H3,(H,16,17). The molecule has 1 fully saturated rings. The van der Waals surface area contributed by atoms with Crippen molar-refractivity contribution in [3.05, 3.63) is 29.6 Å². The molecule has 4 nitrogen and oxygen atoms in total. The number of hydrogen-bond acceptors (Lipinski definition) is 3. The van der Waals surface area contributed by atoms with Gasteiger partial charge in [0.25, 0.3) is 5.91 Å². The third-order valence-corrected chi connectivity index (χ3v) is 2.90. The van der Waals surface area contributed by atoms with Crippen molar-refractivity contribution in [3.63, 3.8) is 0 Å². The SMILES string of the molecule is Cc1ncccc1C(=O)NCCCNC1CC1. The van der Waals surface area contributed by atoms with Crippen molar-refractivity contribution in [2.75, 3.05) is 13.1 Å². The minimum Gasteiger partial charge on any atom is -0.352 e. The number of aromatic nitrogens is 1. The van der Waals surface area contributed by atoms with Gasteiger partial charge in [0.05, 0.1) is 5.56 Å². The number of pyridine rings is 1. The molecular weight excluding hydrogens is 214 g/mol. The minimum absolute atomic E-state index is 0.0259. The molecule has 1 aliphatic carbocycles. The fraction of sp³-hybridized carbons (Fsp3) is 0.538. The minimum atomic E-state index is -0.0259. The van der Waals surface area contributed by atoms with Crippen LogP contribution < -0.4 is 10.6 Å². The van der Waals surface area contributed by atoms with Crippen LogP contribution in [0.5, 0.6) is 0 Å². The second-order valence-corrected chi connectivity index (χ2v) is 4.47. The second kappa shape index (κ2) is 5.77. The lowest BCUT2D eigenvalue weighted by atomic mass is 10.2. The van der Waals surface area contributed by atoms with Crippen molar-refractivity contribution in [1.82, 2.24) is 15.6 Å². The molecule has 1 amide bonds. The van der Waals surface area contributed by atoms with E-state index in [1.807, 2.05) is 6.92 Å². The molecule has 1 aromatic rings. The van der Waals surface area contributed by atoms with Crippen LogP contribution >= 0.6 is 0 Å². The van der Waals surface area contributed by atoms with Gasteiger partial charge in [-0.15, -0.1) is 0 Å². The average molecular weight is 233 g/mol. The molecule has 92 valence electrons. The Morgan fingerprint density at radius 2 is 2.29 bits per heavy atom. The Bertz CT molecular complexity index is 388. The van der Waals surface area contributed by atoms with Crippen LogP contribution in [-0.2, 0) is 0 Å². The summed E-state index contributed by atoms with van der Waals surface area (Å²) in [5.41, 5.74) is 1.45. The van der Waals surface area contributed by atoms with Crippen LogP contribution in [0.2, 0.25) is 0 Å². The lowest BCUT2D eigenvalue weighted by molar-refractivity contribution is 0.0952. The summed E-state index contributed by atoms with van der Waals surface area (Å²) in [4.78, 5) is 15.9. The summed E-state index contributed by atoms with van der Waals surface area (Å²) in [6, 6.07) is 4.34. The molecule has 0 atom stereocenters. The topological polar surface area (TPSA) is 54.0 Å². The number of rotatable bonds is 6. The Labute approximate surface area is 102 Å². The highest BCUT2D eigenvalue weighted by Gasteiger charge is 2.19. The number of aryl methyl sites for hydroxylation is 1. The normalized spacial score (nSPS) is 14.6. The predicted molar refractivity (Wildman–Crippen MR) is 66.9 cm³/mol. The van der Waals surface area contributed by atoms with Crippen LogP contribution in [0.4, 0.5) is 0 Å². The van der Waals surface area contributed by atoms with Gasteiger partial charge in [0, 0.05) is 24.5 Å². The summed E-state index contributed by atoms with van der Waals surface area (Å²) >= 11 is 0. The number of nitrogens with one attached hydrogen (secondary N) is 2. The highest BCUT2D eigenvalue weighted by atomic mass is 16.1. The van der Waals surface area contributed by atoms with Crippen molar-refractivity contribution in [1.29, 1.82) is 0 Å². The van der Waals surface area contributed by atoms with Crippen molar-refractivity contribution < 1.29 is 4.79 Å². The summed E-state index contributed by atoms with van der Waals surface area (Å²) in [5.74, 6) is -0.0259. The molecule has 0 unspecified atom stereocenters. The lowest BCUT2D eigenvalue weighted by Gasteiger charge is -2.07. The van der Waals surface area contributed by atoms with Gasteiger partial charge < -0.3 is 10.6 Å². The Hall–Kier alpha value is -1.42. The Morgan fingerprint density at radius 3 is 3.00 bits per heavy atom. The summed E-state index contributed by atoms with van der Waals surface area (Å²) in [5, 5.41) is 6.33. The van der Waals surface area contributed by atoms with Crippen LogP contribution in [-0.4, -0.2) is 30.0 Å². The van der Waals surface area contributed by atoms with Gasteiger partial charge in [-0.2, -0.15) is 0 Å². The Morgan fingerprint density at radius 1 is 1.47 bits per heavy atom. The first kappa shape index (κ1) is 12.0. The number of nitrogens with zero attached hydrogens (tertiary/aromatic N) is 1. The molecule has 2 N–H and O–H groups in total. The molecule has 0 spiro atoms. The number of hydrogen-bond donors (Lipinski definition) is 2. The van der Waals surface area contributed by atoms with E-state index in [1.54, 1.807) is 18.3 Å². The molecule has 0 aliphatic heterocycles. The predicted octanol–water partition coefficient (Wildman–Crippen LogP) is 1.26. The fourth-order valence-corrected chi connectivity index (χ4v) is 1.70. The monoisotopic (exact) mass is 233 g/mol. The summed E-state index contributed by atoms with van der Waals surface area (Å²) < 4.78 is 0. The molecule has 1 aromatic heterocycles. The maximum atomic E-state index is 11.8. The molecule has 4 heteroatoms. The van der Waals surface area contributed by atoms with Crippen LogP contribution in [0, 0.1) is 6.92 Å². The molecule has 0 radical (unpaired) electrons. The summed E-state index contributed by atoms with van der Waals surface area (Å²) in [6.45, 7) is 3.55. The van der Waals surface area contributed by atoms with E-state index in [9.17, 15) is 4.79 Å². The van der Waals surface area contributed by atoms with E-state index >= 15 is 0 Å². The first-order chi connectivity index (χ1) is 8.27. The average Bonchev–Trinajstić information content (AvgIpc) is 3.13. The van der Waals surface area contributed by atoms with E-state index < -0.39 is 0 Å². The molecular formula is C13H19N3O. The first-order valence-electron chi connectivity index (χ1n) is 6.20. The van der Waals surface area contributed by atoms with Gasteiger partial charge >= 0.3 is 0 Å². The molecule has 2 rings (SSSR count). The van der Waals surface area contributed by atoms with E-state index in [-0.39, 0.29) is 5.91 Å². The van der Waals surface area contributed by atoms with Crippen LogP contribution in [0.25, 0.3) is 0 Å². The quantitative estimate of drug-likeness (QED) is 0.727. The van der Waals surface area contributed by atoms with Crippen molar-refractivity contribution in [2.24, 2.45) is 0 Å². The van der Waals surface area contributed by atoms with E-state index in [4.69, 9.17) is 0 Å². The Kier molecular flexibility index (Phi) is 4.09. The van der Waals surface area contributed by atoms with Gasteiger partial charge in [0.1, 0.15) is 0 Å². The number of amides is 1. The highest BCUT2D eigenvalue weighted by molar-refractivity contribution is 5.95. The molecule has 1 saturated carbocycles. The summed E-state index contributed by atoms with van der Waals surface area (Å²) in [7, 11) is 0. The van der Waals surface area contributed by atoms with E-state index in [0.29, 0.717) is 12.1 Å². The molecule has 17 heavy (non-hydrogen) atoms. The fourth-order valence-electron chi connectivity index (χ4n) is 1.70. The maximum Gasteiger partial charge on any atom is 0.253 e. The zero-order valence-corrected chi connectivity index (χ0v) is 10.2. The molecule has 0 saturated heterocycles. The van der Waals surface area contributed by atoms with E-state index in [1.165, 1.54) is 12.8 Å². The number of carbonyl (C=O) groups excluding carboxylic acids is 1. The summed E-state index contributed by atoms with van der Waals surface area (Å²) in [6.07, 6.45) is 5.29. The van der Waals surface area contributed by atoms with Crippen molar-refractivity contribution in [3.8, 4) is 0 Å². The smallest absolute Gasteiger partial charge is 0.253 e. The van der Waals surface area contributed by atoms with Crippen LogP contribution in [0.15, 0.2) is 18.3 Å². The zero-order chi connectivity index (χ0) is 12.1. The molecule has 0 aromatic carbocycles. The van der Waals surface area contributed by atoms with Gasteiger partial charge in [-0.25, -0.2) is 0 Å². The maximum absolute atomic E-state index is 11.8.